The average Bonchev–Trinajstić information content (AvgIpc) is 3.16. The second kappa shape index (κ2) is 8.38. The second-order valence-electron chi connectivity index (χ2n) is 7.08. The molecule has 1 aliphatic carbocycles. The summed E-state index contributed by atoms with van der Waals surface area (Å²) < 4.78 is 0. The highest BCUT2D eigenvalue weighted by Gasteiger charge is 2.35. The lowest BCUT2D eigenvalue weighted by molar-refractivity contribution is -0.121. The number of hydrogen-bond donors (Lipinski definition) is 1. The van der Waals surface area contributed by atoms with Crippen LogP contribution in [-0.4, -0.2) is 12.5 Å². The fourth-order valence-electron chi connectivity index (χ4n) is 3.78. The standard InChI is InChI=1S/C22H23ClN2O/c23-20-10-8-19(9-11-20)22(13-1-2-14-22)16-25-21(26)12-7-17-3-5-18(15-24)6-4-17/h3-6,8-11H,1-2,7,12-14,16H2,(H,25,26). The van der Waals surface area contributed by atoms with Gasteiger partial charge < -0.3 is 5.32 Å². The third kappa shape index (κ3) is 4.45. The molecule has 0 spiro atoms. The highest BCUT2D eigenvalue weighted by Crippen LogP contribution is 2.40. The van der Waals surface area contributed by atoms with E-state index in [-0.39, 0.29) is 11.3 Å². The molecular formula is C22H23ClN2O. The Morgan fingerprint density at radius 2 is 1.73 bits per heavy atom. The van der Waals surface area contributed by atoms with E-state index in [1.165, 1.54) is 18.4 Å². The Hall–Kier alpha value is -2.31. The summed E-state index contributed by atoms with van der Waals surface area (Å²) in [6, 6.07) is 17.6. The Balaban J connectivity index is 1.56. The monoisotopic (exact) mass is 366 g/mol. The first kappa shape index (κ1) is 18.5. The summed E-state index contributed by atoms with van der Waals surface area (Å²) in [4.78, 5) is 12.3. The van der Waals surface area contributed by atoms with Crippen LogP contribution >= 0.6 is 11.6 Å². The molecule has 3 rings (SSSR count). The Morgan fingerprint density at radius 3 is 2.35 bits per heavy atom. The van der Waals surface area contributed by atoms with Crippen LogP contribution in [0.2, 0.25) is 5.02 Å². The van der Waals surface area contributed by atoms with Gasteiger partial charge in [0, 0.05) is 23.4 Å². The molecule has 1 N–H and O–H groups in total. The van der Waals surface area contributed by atoms with E-state index in [1.807, 2.05) is 24.3 Å². The fourth-order valence-corrected chi connectivity index (χ4v) is 3.91. The molecule has 1 saturated carbocycles. The number of hydrogen-bond acceptors (Lipinski definition) is 2. The van der Waals surface area contributed by atoms with Crippen LogP contribution in [0.15, 0.2) is 48.5 Å². The zero-order valence-electron chi connectivity index (χ0n) is 14.8. The molecule has 0 aliphatic heterocycles. The predicted molar refractivity (Wildman–Crippen MR) is 104 cm³/mol. The third-order valence-corrected chi connectivity index (χ3v) is 5.62. The van der Waals surface area contributed by atoms with Crippen LogP contribution in [-0.2, 0) is 16.6 Å². The van der Waals surface area contributed by atoms with E-state index in [2.05, 4.69) is 23.5 Å². The van der Waals surface area contributed by atoms with Gasteiger partial charge in [-0.15, -0.1) is 0 Å². The SMILES string of the molecule is N#Cc1ccc(CCC(=O)NCC2(c3ccc(Cl)cc3)CCCC2)cc1. The molecule has 1 fully saturated rings. The molecule has 0 aromatic heterocycles. The summed E-state index contributed by atoms with van der Waals surface area (Å²) in [6.07, 6.45) is 5.75. The van der Waals surface area contributed by atoms with E-state index in [0.717, 1.165) is 23.4 Å². The topological polar surface area (TPSA) is 52.9 Å². The van der Waals surface area contributed by atoms with Crippen molar-refractivity contribution < 1.29 is 4.79 Å². The Bertz CT molecular complexity index is 784. The van der Waals surface area contributed by atoms with E-state index in [9.17, 15) is 4.79 Å². The molecule has 0 heterocycles. The Morgan fingerprint density at radius 1 is 1.08 bits per heavy atom. The first-order chi connectivity index (χ1) is 12.6. The van der Waals surface area contributed by atoms with Crippen LogP contribution in [0.25, 0.3) is 0 Å². The number of nitrogens with zero attached hydrogens (tertiary/aromatic N) is 1. The molecule has 0 radical (unpaired) electrons. The summed E-state index contributed by atoms with van der Waals surface area (Å²) in [5.74, 6) is 0.0783. The van der Waals surface area contributed by atoms with Crippen molar-refractivity contribution in [1.82, 2.24) is 5.32 Å². The summed E-state index contributed by atoms with van der Waals surface area (Å²) in [5.41, 5.74) is 3.03. The number of carbonyl (C=O) groups is 1. The number of amides is 1. The van der Waals surface area contributed by atoms with Gasteiger partial charge in [-0.3, -0.25) is 4.79 Å². The lowest BCUT2D eigenvalue weighted by Crippen LogP contribution is -2.39. The number of rotatable bonds is 6. The van der Waals surface area contributed by atoms with E-state index in [1.54, 1.807) is 12.1 Å². The zero-order chi connectivity index (χ0) is 18.4. The lowest BCUT2D eigenvalue weighted by atomic mass is 9.79. The minimum atomic E-state index is 0.0364. The first-order valence-electron chi connectivity index (χ1n) is 9.13. The summed E-state index contributed by atoms with van der Waals surface area (Å²) in [5, 5.41) is 12.7. The minimum Gasteiger partial charge on any atom is -0.355 e. The number of benzene rings is 2. The molecule has 2 aromatic carbocycles. The van der Waals surface area contributed by atoms with Gasteiger partial charge in [0.25, 0.3) is 0 Å². The Kier molecular flexibility index (Phi) is 5.96. The number of nitrogens with one attached hydrogen (secondary N) is 1. The van der Waals surface area contributed by atoms with Crippen LogP contribution in [0.1, 0.15) is 48.8 Å². The first-order valence-corrected chi connectivity index (χ1v) is 9.51. The van der Waals surface area contributed by atoms with Crippen molar-refractivity contribution in [3.05, 3.63) is 70.2 Å². The summed E-state index contributed by atoms with van der Waals surface area (Å²) in [7, 11) is 0. The maximum absolute atomic E-state index is 12.3. The highest BCUT2D eigenvalue weighted by atomic mass is 35.5. The second-order valence-corrected chi connectivity index (χ2v) is 7.52. The third-order valence-electron chi connectivity index (χ3n) is 5.36. The van der Waals surface area contributed by atoms with Crippen molar-refractivity contribution in [3.8, 4) is 6.07 Å². The van der Waals surface area contributed by atoms with Gasteiger partial charge >= 0.3 is 0 Å². The summed E-state index contributed by atoms with van der Waals surface area (Å²) in [6.45, 7) is 0.681. The molecule has 1 amide bonds. The smallest absolute Gasteiger partial charge is 0.220 e. The van der Waals surface area contributed by atoms with Gasteiger partial charge in [-0.25, -0.2) is 0 Å². The molecular weight excluding hydrogens is 344 g/mol. The maximum atomic E-state index is 12.3. The van der Waals surface area contributed by atoms with Crippen LogP contribution in [0, 0.1) is 11.3 Å². The van der Waals surface area contributed by atoms with E-state index in [4.69, 9.17) is 16.9 Å². The van der Waals surface area contributed by atoms with Crippen molar-refractivity contribution in [2.24, 2.45) is 0 Å². The molecule has 134 valence electrons. The van der Waals surface area contributed by atoms with Gasteiger partial charge in [0.2, 0.25) is 5.91 Å². The van der Waals surface area contributed by atoms with E-state index in [0.29, 0.717) is 24.9 Å². The van der Waals surface area contributed by atoms with Gasteiger partial charge in [-0.05, 0) is 54.7 Å². The molecule has 4 heteroatoms. The van der Waals surface area contributed by atoms with Gasteiger partial charge in [0.1, 0.15) is 0 Å². The molecule has 0 bridgehead atoms. The Labute approximate surface area is 160 Å². The molecule has 0 unspecified atom stereocenters. The number of nitriles is 1. The van der Waals surface area contributed by atoms with Gasteiger partial charge in [-0.1, -0.05) is 48.7 Å². The van der Waals surface area contributed by atoms with Crippen molar-refractivity contribution in [1.29, 1.82) is 5.26 Å². The largest absolute Gasteiger partial charge is 0.355 e. The molecule has 0 saturated heterocycles. The maximum Gasteiger partial charge on any atom is 0.220 e. The molecule has 3 nitrogen and oxygen atoms in total. The minimum absolute atomic E-state index is 0.0364. The fraction of sp³-hybridized carbons (Fsp3) is 0.364. The van der Waals surface area contributed by atoms with Crippen molar-refractivity contribution in [2.45, 2.75) is 43.9 Å². The van der Waals surface area contributed by atoms with E-state index >= 15 is 0 Å². The lowest BCUT2D eigenvalue weighted by Gasteiger charge is -2.30. The molecule has 0 atom stereocenters. The van der Waals surface area contributed by atoms with Crippen LogP contribution in [0.5, 0.6) is 0 Å². The van der Waals surface area contributed by atoms with Gasteiger partial charge in [0.05, 0.1) is 11.6 Å². The molecule has 2 aromatic rings. The van der Waals surface area contributed by atoms with E-state index < -0.39 is 0 Å². The highest BCUT2D eigenvalue weighted by molar-refractivity contribution is 6.30. The average molecular weight is 367 g/mol. The molecule has 1 aliphatic rings. The van der Waals surface area contributed by atoms with Gasteiger partial charge in [-0.2, -0.15) is 5.26 Å². The quantitative estimate of drug-likeness (QED) is 0.800. The van der Waals surface area contributed by atoms with Crippen LogP contribution in [0.4, 0.5) is 0 Å². The van der Waals surface area contributed by atoms with Crippen molar-refractivity contribution in [2.75, 3.05) is 6.54 Å². The van der Waals surface area contributed by atoms with Crippen molar-refractivity contribution in [3.63, 3.8) is 0 Å². The number of aryl methyl sites for hydroxylation is 1. The van der Waals surface area contributed by atoms with Crippen LogP contribution < -0.4 is 5.32 Å². The predicted octanol–water partition coefficient (Wildman–Crippen LogP) is 4.77. The van der Waals surface area contributed by atoms with Crippen molar-refractivity contribution >= 4 is 17.5 Å². The number of halogens is 1. The number of carbonyl (C=O) groups excluding carboxylic acids is 1. The van der Waals surface area contributed by atoms with Gasteiger partial charge in [0.15, 0.2) is 0 Å². The van der Waals surface area contributed by atoms with Crippen LogP contribution in [0.3, 0.4) is 0 Å². The molecule has 26 heavy (non-hydrogen) atoms. The zero-order valence-corrected chi connectivity index (χ0v) is 15.6. The normalized spacial score (nSPS) is 15.4. The summed E-state index contributed by atoms with van der Waals surface area (Å²) >= 11 is 6.02.